The molecule has 204 valence electrons. The molecule has 1 aliphatic rings. The van der Waals surface area contributed by atoms with Crippen LogP contribution in [0.5, 0.6) is 0 Å². The van der Waals surface area contributed by atoms with E-state index >= 15 is 0 Å². The highest BCUT2D eigenvalue weighted by molar-refractivity contribution is 5.82. The summed E-state index contributed by atoms with van der Waals surface area (Å²) in [7, 11) is 5.63. The number of fused-ring (bicyclic) bond motifs is 1. The first kappa shape index (κ1) is 29.0. The first-order valence-corrected chi connectivity index (χ1v) is 13.1. The number of hydrogen-bond acceptors (Lipinski definition) is 7. The largest absolute Gasteiger partial charge is 0.355 e. The van der Waals surface area contributed by atoms with Gasteiger partial charge in [-0.3, -0.25) is 14.5 Å². The van der Waals surface area contributed by atoms with Crippen molar-refractivity contribution in [2.45, 2.75) is 33.0 Å². The Labute approximate surface area is 226 Å². The fourth-order valence-electron chi connectivity index (χ4n) is 4.22. The second-order valence-electron chi connectivity index (χ2n) is 9.72. The van der Waals surface area contributed by atoms with Crippen LogP contribution in [0.25, 0.3) is 11.1 Å². The third-order valence-corrected chi connectivity index (χ3v) is 6.43. The molecule has 0 saturated heterocycles. The zero-order valence-electron chi connectivity index (χ0n) is 23.2. The van der Waals surface area contributed by atoms with Gasteiger partial charge in [0.1, 0.15) is 6.29 Å². The van der Waals surface area contributed by atoms with Crippen molar-refractivity contribution in [3.8, 4) is 11.1 Å². The highest BCUT2D eigenvalue weighted by Crippen LogP contribution is 2.25. The highest BCUT2D eigenvalue weighted by atomic mass is 16.2. The number of rotatable bonds is 11. The number of aryl methyl sites for hydroxylation is 1. The van der Waals surface area contributed by atoms with Crippen molar-refractivity contribution in [1.82, 2.24) is 30.4 Å². The molecular formula is C29H41N7O2. The van der Waals surface area contributed by atoms with E-state index < -0.39 is 0 Å². The molecule has 0 aliphatic carbocycles. The molecule has 0 saturated carbocycles. The lowest BCUT2D eigenvalue weighted by Crippen LogP contribution is -2.46. The van der Waals surface area contributed by atoms with Crippen LogP contribution < -0.4 is 15.5 Å². The lowest BCUT2D eigenvalue weighted by atomic mass is 10.1. The molecule has 0 atom stereocenters. The van der Waals surface area contributed by atoms with E-state index in [0.717, 1.165) is 36.2 Å². The molecule has 2 N–H and O–H groups in total. The predicted molar refractivity (Wildman–Crippen MR) is 152 cm³/mol. The minimum atomic E-state index is -0.0546. The summed E-state index contributed by atoms with van der Waals surface area (Å²) in [4.78, 5) is 26.0. The summed E-state index contributed by atoms with van der Waals surface area (Å²) in [6.45, 7) is 8.13. The highest BCUT2D eigenvalue weighted by Gasteiger charge is 2.25. The number of anilines is 1. The maximum atomic E-state index is 12.9. The molecule has 0 radical (unpaired) electrons. The van der Waals surface area contributed by atoms with E-state index in [1.165, 1.54) is 11.1 Å². The number of nitrogens with zero attached hydrogens (tertiary/aromatic N) is 5. The normalized spacial score (nSPS) is 12.6. The molecule has 2 aromatic carbocycles. The van der Waals surface area contributed by atoms with Crippen molar-refractivity contribution in [2.75, 3.05) is 45.2 Å². The SMILES string of the molecule is CN(C(=O)CN(CC=O)c1ccc(-c2cnn(C)c2)cc1)N1Cc2ccccc2C1.CNCCNC(C)C. The van der Waals surface area contributed by atoms with Crippen LogP contribution in [0.1, 0.15) is 25.0 Å². The van der Waals surface area contributed by atoms with Crippen LogP contribution in [0.15, 0.2) is 60.9 Å². The number of hydrazine groups is 1. The molecule has 0 fully saturated rings. The van der Waals surface area contributed by atoms with Gasteiger partial charge in [0.25, 0.3) is 5.91 Å². The maximum Gasteiger partial charge on any atom is 0.256 e. The Bertz CT molecular complexity index is 1130. The summed E-state index contributed by atoms with van der Waals surface area (Å²) in [5.41, 5.74) is 5.38. The van der Waals surface area contributed by atoms with Crippen LogP contribution in [0.3, 0.4) is 0 Å². The van der Waals surface area contributed by atoms with Gasteiger partial charge in [0.2, 0.25) is 0 Å². The molecule has 1 amide bonds. The molecular weight excluding hydrogens is 478 g/mol. The lowest BCUT2D eigenvalue weighted by Gasteiger charge is -2.30. The minimum Gasteiger partial charge on any atom is -0.355 e. The summed E-state index contributed by atoms with van der Waals surface area (Å²) in [5, 5.41) is 14.2. The Balaban J connectivity index is 0.000000436. The number of carbonyl (C=O) groups is 2. The number of nitrogens with one attached hydrogen (secondary N) is 2. The molecule has 9 heteroatoms. The van der Waals surface area contributed by atoms with Gasteiger partial charge in [0.05, 0.1) is 19.3 Å². The van der Waals surface area contributed by atoms with Crippen LogP contribution in [-0.2, 0) is 29.7 Å². The average molecular weight is 520 g/mol. The van der Waals surface area contributed by atoms with E-state index in [0.29, 0.717) is 19.1 Å². The van der Waals surface area contributed by atoms with E-state index in [1.807, 2.05) is 67.9 Å². The molecule has 1 aromatic heterocycles. The number of hydrogen-bond donors (Lipinski definition) is 2. The van der Waals surface area contributed by atoms with Crippen LogP contribution in [-0.4, -0.2) is 78.3 Å². The molecule has 38 heavy (non-hydrogen) atoms. The zero-order valence-corrected chi connectivity index (χ0v) is 23.2. The van der Waals surface area contributed by atoms with E-state index in [-0.39, 0.29) is 19.0 Å². The minimum absolute atomic E-state index is 0.0546. The van der Waals surface area contributed by atoms with Gasteiger partial charge in [-0.05, 0) is 35.9 Å². The van der Waals surface area contributed by atoms with E-state index in [9.17, 15) is 9.59 Å². The van der Waals surface area contributed by atoms with E-state index in [4.69, 9.17) is 0 Å². The van der Waals surface area contributed by atoms with Crippen molar-refractivity contribution < 1.29 is 9.59 Å². The summed E-state index contributed by atoms with van der Waals surface area (Å²) >= 11 is 0. The summed E-state index contributed by atoms with van der Waals surface area (Å²) in [6, 6.07) is 16.7. The zero-order chi connectivity index (χ0) is 27.5. The van der Waals surface area contributed by atoms with E-state index in [1.54, 1.807) is 21.6 Å². The molecule has 3 aromatic rings. The third kappa shape index (κ3) is 8.24. The van der Waals surface area contributed by atoms with Crippen molar-refractivity contribution in [3.05, 3.63) is 72.1 Å². The number of carbonyl (C=O) groups excluding carboxylic acids is 2. The number of aromatic nitrogens is 2. The first-order chi connectivity index (χ1) is 18.3. The van der Waals surface area contributed by atoms with Crippen molar-refractivity contribution in [2.24, 2.45) is 7.05 Å². The van der Waals surface area contributed by atoms with Crippen LogP contribution >= 0.6 is 0 Å². The Morgan fingerprint density at radius 3 is 2.24 bits per heavy atom. The Kier molecular flexibility index (Phi) is 11.0. The quantitative estimate of drug-likeness (QED) is 0.298. The topological polar surface area (TPSA) is 85.7 Å². The van der Waals surface area contributed by atoms with Gasteiger partial charge in [-0.25, -0.2) is 5.01 Å². The van der Waals surface area contributed by atoms with Gasteiger partial charge in [-0.1, -0.05) is 50.2 Å². The van der Waals surface area contributed by atoms with Gasteiger partial charge < -0.3 is 20.3 Å². The van der Waals surface area contributed by atoms with Gasteiger partial charge in [0, 0.05) is 63.8 Å². The fourth-order valence-corrected chi connectivity index (χ4v) is 4.22. The molecule has 9 nitrogen and oxygen atoms in total. The van der Waals surface area contributed by atoms with Crippen molar-refractivity contribution in [3.63, 3.8) is 0 Å². The fraction of sp³-hybridized carbons (Fsp3) is 0.414. The Morgan fingerprint density at radius 2 is 1.71 bits per heavy atom. The molecule has 0 spiro atoms. The number of likely N-dealkylation sites (N-methyl/N-ethyl adjacent to an activating group) is 2. The maximum absolute atomic E-state index is 12.9. The van der Waals surface area contributed by atoms with Gasteiger partial charge in [0.15, 0.2) is 0 Å². The van der Waals surface area contributed by atoms with Crippen LogP contribution in [0.4, 0.5) is 5.69 Å². The molecule has 2 heterocycles. The van der Waals surface area contributed by atoms with Gasteiger partial charge >= 0.3 is 0 Å². The third-order valence-electron chi connectivity index (χ3n) is 6.43. The van der Waals surface area contributed by atoms with Gasteiger partial charge in [-0.15, -0.1) is 0 Å². The second kappa shape index (κ2) is 14.4. The second-order valence-corrected chi connectivity index (χ2v) is 9.72. The van der Waals surface area contributed by atoms with Crippen LogP contribution in [0.2, 0.25) is 0 Å². The standard InChI is InChI=1S/C23H25N5O2.C6H16N2/c1-25-14-21(13-24-25)18-7-9-22(10-8-18)27(11-12-29)17-23(30)26(2)28-15-19-5-3-4-6-20(19)16-28;1-6(2)8-5-4-7-3/h3-10,12-14H,11,15-17H2,1-2H3;6-8H,4-5H2,1-3H3. The summed E-state index contributed by atoms with van der Waals surface area (Å²) < 4.78 is 1.76. The molecule has 0 bridgehead atoms. The smallest absolute Gasteiger partial charge is 0.256 e. The molecule has 0 unspecified atom stereocenters. The van der Waals surface area contributed by atoms with E-state index in [2.05, 4.69) is 41.7 Å². The summed E-state index contributed by atoms with van der Waals surface area (Å²) in [6.07, 6.45) is 4.59. The number of amides is 1. The van der Waals surface area contributed by atoms with Crippen LogP contribution in [0, 0.1) is 0 Å². The van der Waals surface area contributed by atoms with Crippen molar-refractivity contribution in [1.29, 1.82) is 0 Å². The van der Waals surface area contributed by atoms with Crippen molar-refractivity contribution >= 4 is 17.9 Å². The van der Waals surface area contributed by atoms with Gasteiger partial charge in [-0.2, -0.15) is 5.10 Å². The molecule has 4 rings (SSSR count). The number of aldehydes is 1. The Morgan fingerprint density at radius 1 is 1.05 bits per heavy atom. The number of benzene rings is 2. The summed E-state index contributed by atoms with van der Waals surface area (Å²) in [5.74, 6) is -0.0546. The monoisotopic (exact) mass is 519 g/mol. The first-order valence-electron chi connectivity index (χ1n) is 13.1. The lowest BCUT2D eigenvalue weighted by molar-refractivity contribution is -0.145. The molecule has 1 aliphatic heterocycles. The Hall–Kier alpha value is -3.53. The average Bonchev–Trinajstić information content (AvgIpc) is 3.55. The predicted octanol–water partition coefficient (Wildman–Crippen LogP) is 2.69.